The predicted octanol–water partition coefficient (Wildman–Crippen LogP) is 3.57. The summed E-state index contributed by atoms with van der Waals surface area (Å²) in [5.41, 5.74) is 3.23. The first-order valence-corrected chi connectivity index (χ1v) is 6.33. The number of anilines is 1. The average molecular weight is 256 g/mol. The van der Waals surface area contributed by atoms with Gasteiger partial charge in [0.1, 0.15) is 0 Å². The number of hydrogen-bond acceptors (Lipinski definition) is 4. The minimum Gasteiger partial charge on any atom is -0.378 e. The van der Waals surface area contributed by atoms with Crippen LogP contribution in [0.4, 0.5) is 11.4 Å². The van der Waals surface area contributed by atoms with Crippen LogP contribution in [-0.2, 0) is 0 Å². The molecule has 4 heteroatoms. The van der Waals surface area contributed by atoms with Crippen LogP contribution < -0.4 is 4.90 Å². The number of azo groups is 1. The summed E-state index contributed by atoms with van der Waals surface area (Å²) in [7, 11) is 6.05. The zero-order valence-electron chi connectivity index (χ0n) is 11.9. The van der Waals surface area contributed by atoms with Crippen molar-refractivity contribution in [3.8, 4) is 0 Å². The number of likely N-dealkylation sites (N-methyl/N-ethyl adjacent to an activating group) is 1. The summed E-state index contributed by atoms with van der Waals surface area (Å²) in [5.74, 6) is 0. The summed E-state index contributed by atoms with van der Waals surface area (Å²) in [6.45, 7) is 2.07. The number of hydrogen-bond donors (Lipinski definition) is 0. The second-order valence-electron chi connectivity index (χ2n) is 4.92. The topological polar surface area (TPSA) is 31.2 Å². The Morgan fingerprint density at radius 2 is 1.84 bits per heavy atom. The third-order valence-electron chi connectivity index (χ3n) is 3.12. The molecule has 0 N–H and O–H groups in total. The van der Waals surface area contributed by atoms with Crippen LogP contribution in [0, 0.1) is 0 Å². The van der Waals surface area contributed by atoms with Crippen LogP contribution in [-0.4, -0.2) is 32.2 Å². The maximum Gasteiger partial charge on any atom is 0.163 e. The van der Waals surface area contributed by atoms with Crippen molar-refractivity contribution in [3.05, 3.63) is 48.2 Å². The molecule has 2 rings (SSSR count). The van der Waals surface area contributed by atoms with Crippen molar-refractivity contribution < 1.29 is 0 Å². The lowest BCUT2D eigenvalue weighted by Crippen LogP contribution is -2.27. The Balaban J connectivity index is 2.10. The molecule has 0 saturated carbocycles. The molecule has 0 amide bonds. The maximum atomic E-state index is 4.41. The van der Waals surface area contributed by atoms with Crippen molar-refractivity contribution in [2.24, 2.45) is 10.2 Å². The Morgan fingerprint density at radius 3 is 2.42 bits per heavy atom. The highest BCUT2D eigenvalue weighted by Crippen LogP contribution is 2.21. The lowest BCUT2D eigenvalue weighted by Gasteiger charge is -2.25. The van der Waals surface area contributed by atoms with Crippen molar-refractivity contribution in [2.75, 3.05) is 26.0 Å². The molecule has 0 aliphatic carbocycles. The molecule has 0 spiro atoms. The van der Waals surface area contributed by atoms with Gasteiger partial charge < -0.3 is 9.80 Å². The van der Waals surface area contributed by atoms with Gasteiger partial charge in [0.25, 0.3) is 0 Å². The second kappa shape index (κ2) is 5.69. The summed E-state index contributed by atoms with van der Waals surface area (Å²) in [6.07, 6.45) is 6.09. The van der Waals surface area contributed by atoms with E-state index in [0.29, 0.717) is 0 Å². The van der Waals surface area contributed by atoms with E-state index in [1.165, 1.54) is 5.57 Å². The molecule has 0 fully saturated rings. The molecule has 1 atom stereocenters. The van der Waals surface area contributed by atoms with Gasteiger partial charge in [-0.05, 0) is 42.8 Å². The third kappa shape index (κ3) is 3.22. The van der Waals surface area contributed by atoms with Crippen molar-refractivity contribution in [1.82, 2.24) is 4.90 Å². The Bertz CT molecular complexity index is 511. The Morgan fingerprint density at radius 1 is 1.16 bits per heavy atom. The van der Waals surface area contributed by atoms with Gasteiger partial charge in [-0.25, -0.2) is 0 Å². The number of allylic oxidation sites excluding steroid dienone is 2. The van der Waals surface area contributed by atoms with Crippen LogP contribution in [0.15, 0.2) is 58.4 Å². The van der Waals surface area contributed by atoms with Crippen LogP contribution in [0.3, 0.4) is 0 Å². The smallest absolute Gasteiger partial charge is 0.163 e. The van der Waals surface area contributed by atoms with E-state index in [2.05, 4.69) is 28.1 Å². The van der Waals surface area contributed by atoms with Crippen LogP contribution in [0.1, 0.15) is 6.92 Å². The Labute approximate surface area is 114 Å². The minimum absolute atomic E-state index is 0.00137. The average Bonchev–Trinajstić information content (AvgIpc) is 2.38. The highest BCUT2D eigenvalue weighted by molar-refractivity contribution is 5.51. The molecule has 0 aromatic heterocycles. The summed E-state index contributed by atoms with van der Waals surface area (Å²) in [5, 5.41) is 8.73. The van der Waals surface area contributed by atoms with E-state index in [-0.39, 0.29) is 6.17 Å². The molecule has 1 aromatic carbocycles. The highest BCUT2D eigenvalue weighted by Gasteiger charge is 2.14. The molecule has 1 heterocycles. The fourth-order valence-corrected chi connectivity index (χ4v) is 1.93. The molecule has 100 valence electrons. The molecular formula is C15H20N4. The second-order valence-corrected chi connectivity index (χ2v) is 4.92. The van der Waals surface area contributed by atoms with Crippen LogP contribution in [0.2, 0.25) is 0 Å². The van der Waals surface area contributed by atoms with E-state index in [9.17, 15) is 0 Å². The van der Waals surface area contributed by atoms with Gasteiger partial charge in [0.2, 0.25) is 0 Å². The molecule has 1 aliphatic rings. The van der Waals surface area contributed by atoms with Crippen molar-refractivity contribution in [3.63, 3.8) is 0 Å². The van der Waals surface area contributed by atoms with Gasteiger partial charge in [0.15, 0.2) is 6.17 Å². The summed E-state index contributed by atoms with van der Waals surface area (Å²) < 4.78 is 0. The molecule has 0 saturated heterocycles. The number of benzene rings is 1. The normalized spacial score (nSPS) is 18.8. The van der Waals surface area contributed by atoms with E-state index in [1.54, 1.807) is 0 Å². The predicted molar refractivity (Wildman–Crippen MR) is 79.7 cm³/mol. The van der Waals surface area contributed by atoms with Crippen molar-refractivity contribution in [1.29, 1.82) is 0 Å². The Hall–Kier alpha value is -2.10. The largest absolute Gasteiger partial charge is 0.378 e. The summed E-state index contributed by atoms with van der Waals surface area (Å²) in [4.78, 5) is 4.11. The van der Waals surface area contributed by atoms with E-state index in [4.69, 9.17) is 0 Å². The number of rotatable bonds is 3. The zero-order chi connectivity index (χ0) is 13.8. The molecular weight excluding hydrogens is 236 g/mol. The van der Waals surface area contributed by atoms with Crippen LogP contribution in [0.5, 0.6) is 0 Å². The van der Waals surface area contributed by atoms with Crippen molar-refractivity contribution in [2.45, 2.75) is 13.1 Å². The van der Waals surface area contributed by atoms with Gasteiger partial charge in [-0.2, -0.15) is 10.2 Å². The summed E-state index contributed by atoms with van der Waals surface area (Å²) >= 11 is 0. The zero-order valence-corrected chi connectivity index (χ0v) is 11.9. The minimum atomic E-state index is -0.00137. The van der Waals surface area contributed by atoms with Gasteiger partial charge in [0.05, 0.1) is 5.69 Å². The van der Waals surface area contributed by atoms with Crippen LogP contribution >= 0.6 is 0 Å². The first kappa shape index (κ1) is 13.3. The van der Waals surface area contributed by atoms with E-state index in [0.717, 1.165) is 11.4 Å². The number of nitrogens with zero attached hydrogens (tertiary/aromatic N) is 4. The fraction of sp³-hybridized carbons (Fsp3) is 0.333. The van der Waals surface area contributed by atoms with Crippen LogP contribution in [0.25, 0.3) is 0 Å². The first-order valence-electron chi connectivity index (χ1n) is 6.33. The van der Waals surface area contributed by atoms with Gasteiger partial charge in [0, 0.05) is 33.0 Å². The van der Waals surface area contributed by atoms with Gasteiger partial charge in [-0.15, -0.1) is 0 Å². The van der Waals surface area contributed by atoms with E-state index < -0.39 is 0 Å². The molecule has 0 radical (unpaired) electrons. The molecule has 19 heavy (non-hydrogen) atoms. The van der Waals surface area contributed by atoms with E-state index >= 15 is 0 Å². The van der Waals surface area contributed by atoms with Crippen molar-refractivity contribution >= 4 is 11.4 Å². The molecule has 1 aromatic rings. The fourth-order valence-electron chi connectivity index (χ4n) is 1.93. The Kier molecular flexibility index (Phi) is 4.00. The summed E-state index contributed by atoms with van der Waals surface area (Å²) in [6, 6.07) is 8.05. The quantitative estimate of drug-likeness (QED) is 0.774. The van der Waals surface area contributed by atoms with Gasteiger partial charge in [-0.1, -0.05) is 6.08 Å². The van der Waals surface area contributed by atoms with E-state index in [1.807, 2.05) is 62.6 Å². The standard InChI is InChI=1S/C15H20N4/c1-12-6-5-11-19(4)15(12)17-16-13-7-9-14(10-8-13)18(2)3/h5-11,15H,1-4H3/b17-16+. The maximum absolute atomic E-state index is 4.41. The molecule has 0 bridgehead atoms. The SMILES string of the molecule is CC1=CC=CN(C)C1/N=N/c1ccc(N(C)C)cc1. The van der Waals surface area contributed by atoms with Gasteiger partial charge >= 0.3 is 0 Å². The highest BCUT2D eigenvalue weighted by atomic mass is 15.3. The monoisotopic (exact) mass is 256 g/mol. The van der Waals surface area contributed by atoms with Gasteiger partial charge in [-0.3, -0.25) is 0 Å². The molecule has 1 aliphatic heterocycles. The first-order chi connectivity index (χ1) is 9.08. The molecule has 4 nitrogen and oxygen atoms in total. The third-order valence-corrected chi connectivity index (χ3v) is 3.12. The lowest BCUT2D eigenvalue weighted by atomic mass is 10.2. The molecule has 1 unspecified atom stereocenters. The lowest BCUT2D eigenvalue weighted by molar-refractivity contribution is 0.364.